The quantitative estimate of drug-likeness (QED) is 0.401. The van der Waals surface area contributed by atoms with Crippen LogP contribution in [-0.4, -0.2) is 12.6 Å². The third-order valence-corrected chi connectivity index (χ3v) is 1.39. The molecule has 0 radical (unpaired) electrons. The summed E-state index contributed by atoms with van der Waals surface area (Å²) in [4.78, 5) is 11.0. The van der Waals surface area contributed by atoms with E-state index in [-0.39, 0.29) is 24.9 Å². The van der Waals surface area contributed by atoms with Crippen LogP contribution in [-0.2, 0) is 16.1 Å². The number of hydrogen-bond donors (Lipinski definition) is 0. The van der Waals surface area contributed by atoms with E-state index in [2.05, 4.69) is 0 Å². The first kappa shape index (κ1) is 11.9. The lowest BCUT2D eigenvalue weighted by atomic mass is 10.5. The fourth-order valence-corrected chi connectivity index (χ4v) is 0.895. The zero-order chi connectivity index (χ0) is 8.81. The first-order valence-corrected chi connectivity index (χ1v) is 3.92. The van der Waals surface area contributed by atoms with Crippen LogP contribution in [0.1, 0.15) is 6.92 Å². The third kappa shape index (κ3) is 4.48. The summed E-state index contributed by atoms with van der Waals surface area (Å²) in [5.74, 6) is -0.200. The van der Waals surface area contributed by atoms with E-state index in [1.165, 1.54) is 0 Å². The van der Waals surface area contributed by atoms with Crippen LogP contribution in [0.4, 0.5) is 0 Å². The number of carbonyl (C=O) groups is 1. The minimum atomic E-state index is -0.200. The van der Waals surface area contributed by atoms with Gasteiger partial charge in [-0.05, 0) is 6.92 Å². The Balaban J connectivity index is 0.00000144. The maximum Gasteiger partial charge on any atom is 0.372 e. The van der Waals surface area contributed by atoms with Gasteiger partial charge in [0.05, 0.1) is 6.61 Å². The van der Waals surface area contributed by atoms with Crippen molar-refractivity contribution in [3.05, 3.63) is 30.6 Å². The number of carbonyl (C=O) groups excluding carboxylic acids is 1. The average molecular weight is 202 g/mol. The van der Waals surface area contributed by atoms with Crippen LogP contribution in [0.2, 0.25) is 0 Å². The number of halogens is 1. The minimum Gasteiger partial charge on any atom is -1.00 e. The van der Waals surface area contributed by atoms with Crippen LogP contribution in [0, 0.1) is 0 Å². The number of ether oxygens (including phenoxy) is 1. The van der Waals surface area contributed by atoms with Crippen molar-refractivity contribution < 1.29 is 26.5 Å². The molecule has 3 nitrogen and oxygen atoms in total. The first-order chi connectivity index (χ1) is 5.83. The summed E-state index contributed by atoms with van der Waals surface area (Å²) in [5.41, 5.74) is 0. The van der Waals surface area contributed by atoms with Crippen molar-refractivity contribution in [2.45, 2.75) is 13.5 Å². The van der Waals surface area contributed by atoms with Crippen molar-refractivity contribution in [2.24, 2.45) is 0 Å². The lowest BCUT2D eigenvalue weighted by Crippen LogP contribution is -3.00. The summed E-state index contributed by atoms with van der Waals surface area (Å²) in [6.45, 7) is 2.52. The van der Waals surface area contributed by atoms with E-state index in [4.69, 9.17) is 4.74 Å². The van der Waals surface area contributed by atoms with Crippen LogP contribution in [0.25, 0.3) is 0 Å². The Morgan fingerprint density at radius 3 is 2.46 bits per heavy atom. The SMILES string of the molecule is CCOC(=O)C[n+]1ccccc1.[Cl-]. The normalized spacial score (nSPS) is 8.69. The van der Waals surface area contributed by atoms with Crippen molar-refractivity contribution >= 4 is 5.97 Å². The molecular weight excluding hydrogens is 190 g/mol. The van der Waals surface area contributed by atoms with Crippen LogP contribution in [0.5, 0.6) is 0 Å². The second-order valence-electron chi connectivity index (χ2n) is 2.35. The van der Waals surface area contributed by atoms with Gasteiger partial charge in [-0.15, -0.1) is 0 Å². The predicted molar refractivity (Wildman–Crippen MR) is 43.3 cm³/mol. The van der Waals surface area contributed by atoms with Gasteiger partial charge in [-0.3, -0.25) is 0 Å². The highest BCUT2D eigenvalue weighted by atomic mass is 35.5. The van der Waals surface area contributed by atoms with Crippen molar-refractivity contribution in [1.82, 2.24) is 0 Å². The minimum absolute atomic E-state index is 0. The summed E-state index contributed by atoms with van der Waals surface area (Å²) < 4.78 is 6.56. The fourth-order valence-electron chi connectivity index (χ4n) is 0.895. The molecule has 0 saturated carbocycles. The molecule has 1 aromatic rings. The largest absolute Gasteiger partial charge is 1.00 e. The highest BCUT2D eigenvalue weighted by molar-refractivity contribution is 5.67. The van der Waals surface area contributed by atoms with Crippen LogP contribution >= 0.6 is 0 Å². The molecule has 0 aliphatic rings. The van der Waals surface area contributed by atoms with Crippen LogP contribution in [0.15, 0.2) is 30.6 Å². The number of nitrogens with zero attached hydrogens (tertiary/aromatic N) is 1. The van der Waals surface area contributed by atoms with Gasteiger partial charge in [0.15, 0.2) is 12.4 Å². The summed E-state index contributed by atoms with van der Waals surface area (Å²) in [6.07, 6.45) is 3.66. The van der Waals surface area contributed by atoms with Gasteiger partial charge in [-0.2, -0.15) is 4.57 Å². The van der Waals surface area contributed by atoms with Crippen LogP contribution in [0.3, 0.4) is 0 Å². The zero-order valence-corrected chi connectivity index (χ0v) is 8.20. The van der Waals surface area contributed by atoms with Crippen LogP contribution < -0.4 is 17.0 Å². The predicted octanol–water partition coefficient (Wildman–Crippen LogP) is -2.46. The average Bonchev–Trinajstić information content (AvgIpc) is 2.06. The molecule has 0 N–H and O–H groups in total. The molecule has 13 heavy (non-hydrogen) atoms. The molecule has 0 bridgehead atoms. The van der Waals surface area contributed by atoms with E-state index in [9.17, 15) is 4.79 Å². The lowest BCUT2D eigenvalue weighted by molar-refractivity contribution is -0.686. The molecule has 72 valence electrons. The van der Waals surface area contributed by atoms with Crippen molar-refractivity contribution in [3.63, 3.8) is 0 Å². The lowest BCUT2D eigenvalue weighted by Gasteiger charge is -1.96. The molecule has 0 amide bonds. The second-order valence-corrected chi connectivity index (χ2v) is 2.35. The molecule has 1 rings (SSSR count). The topological polar surface area (TPSA) is 30.2 Å². The molecule has 0 fully saturated rings. The molecule has 0 unspecified atom stereocenters. The summed E-state index contributed by atoms with van der Waals surface area (Å²) >= 11 is 0. The third-order valence-electron chi connectivity index (χ3n) is 1.39. The Bertz CT molecular complexity index is 251. The maximum absolute atomic E-state index is 11.0. The summed E-state index contributed by atoms with van der Waals surface area (Å²) in [6, 6.07) is 5.65. The standard InChI is InChI=1S/C9H12NO2.ClH/c1-2-12-9(11)8-10-6-4-3-5-7-10;/h3-7H,2,8H2,1H3;1H/q+1;/p-1. The number of pyridine rings is 1. The van der Waals surface area contributed by atoms with Gasteiger partial charge in [0.25, 0.3) is 0 Å². The fraction of sp³-hybridized carbons (Fsp3) is 0.333. The van der Waals surface area contributed by atoms with Gasteiger partial charge in [-0.1, -0.05) is 6.07 Å². The Labute approximate surface area is 83.7 Å². The maximum atomic E-state index is 11.0. The zero-order valence-electron chi connectivity index (χ0n) is 7.44. The molecule has 1 heterocycles. The van der Waals surface area contributed by atoms with Gasteiger partial charge in [0, 0.05) is 12.1 Å². The molecule has 0 spiro atoms. The Morgan fingerprint density at radius 2 is 1.92 bits per heavy atom. The van der Waals surface area contributed by atoms with E-state index in [0.717, 1.165) is 0 Å². The van der Waals surface area contributed by atoms with Crippen molar-refractivity contribution in [3.8, 4) is 0 Å². The molecule has 0 atom stereocenters. The summed E-state index contributed by atoms with van der Waals surface area (Å²) in [7, 11) is 0. The van der Waals surface area contributed by atoms with E-state index in [1.807, 2.05) is 30.6 Å². The molecule has 1 aromatic heterocycles. The van der Waals surface area contributed by atoms with Crippen molar-refractivity contribution in [2.75, 3.05) is 6.61 Å². The van der Waals surface area contributed by atoms with E-state index in [1.54, 1.807) is 11.5 Å². The van der Waals surface area contributed by atoms with Crippen molar-refractivity contribution in [1.29, 1.82) is 0 Å². The van der Waals surface area contributed by atoms with Gasteiger partial charge in [-0.25, -0.2) is 4.79 Å². The Hall–Kier alpha value is -1.09. The first-order valence-electron chi connectivity index (χ1n) is 3.92. The molecule has 0 aliphatic heterocycles. The van der Waals surface area contributed by atoms with E-state index < -0.39 is 0 Å². The Kier molecular flexibility index (Phi) is 5.89. The monoisotopic (exact) mass is 201 g/mol. The molecule has 4 heteroatoms. The highest BCUT2D eigenvalue weighted by Crippen LogP contribution is 1.80. The molecule has 0 aliphatic carbocycles. The van der Waals surface area contributed by atoms with E-state index >= 15 is 0 Å². The van der Waals surface area contributed by atoms with Gasteiger partial charge in [0.1, 0.15) is 0 Å². The second kappa shape index (κ2) is 6.43. The highest BCUT2D eigenvalue weighted by Gasteiger charge is 2.07. The number of rotatable bonds is 3. The number of esters is 1. The van der Waals surface area contributed by atoms with Gasteiger partial charge in [0.2, 0.25) is 6.54 Å². The number of aromatic nitrogens is 1. The van der Waals surface area contributed by atoms with Gasteiger partial charge < -0.3 is 17.1 Å². The summed E-state index contributed by atoms with van der Waals surface area (Å²) in [5, 5.41) is 0. The molecule has 0 aromatic carbocycles. The number of hydrogen-bond acceptors (Lipinski definition) is 2. The van der Waals surface area contributed by atoms with E-state index in [0.29, 0.717) is 6.61 Å². The molecular formula is C9H12ClNO2. The Morgan fingerprint density at radius 1 is 1.31 bits per heavy atom. The van der Waals surface area contributed by atoms with Gasteiger partial charge >= 0.3 is 5.97 Å². The molecule has 0 saturated heterocycles. The smallest absolute Gasteiger partial charge is 0.372 e.